The van der Waals surface area contributed by atoms with Gasteiger partial charge in [-0.3, -0.25) is 0 Å². The van der Waals surface area contributed by atoms with Crippen LogP contribution in [-0.2, 0) is 16.8 Å². The number of aryl methyl sites for hydroxylation is 1. The highest BCUT2D eigenvalue weighted by Gasteiger charge is 2.47. The van der Waals surface area contributed by atoms with Gasteiger partial charge in [-0.2, -0.15) is 4.99 Å². The van der Waals surface area contributed by atoms with Gasteiger partial charge < -0.3 is 9.47 Å². The smallest absolute Gasteiger partial charge is 0.235 e. The fraction of sp³-hybridized carbons (Fsp3) is 0.533. The van der Waals surface area contributed by atoms with Gasteiger partial charge in [0.15, 0.2) is 0 Å². The van der Waals surface area contributed by atoms with Crippen molar-refractivity contribution in [3.8, 4) is 11.5 Å². The molecular formula is C15H19NO3. The molecule has 0 radical (unpaired) electrons. The Balaban J connectivity index is 2.51. The molecule has 0 N–H and O–H groups in total. The van der Waals surface area contributed by atoms with Gasteiger partial charge in [-0.25, -0.2) is 4.79 Å². The molecule has 0 aliphatic heterocycles. The second-order valence-electron chi connectivity index (χ2n) is 4.85. The second-order valence-corrected chi connectivity index (χ2v) is 4.85. The maximum Gasteiger partial charge on any atom is 0.235 e. The third kappa shape index (κ3) is 2.49. The molecule has 4 heteroatoms. The van der Waals surface area contributed by atoms with E-state index in [1.807, 2.05) is 12.1 Å². The predicted molar refractivity (Wildman–Crippen MR) is 72.6 cm³/mol. The van der Waals surface area contributed by atoms with Crippen LogP contribution in [0.4, 0.5) is 0 Å². The maximum absolute atomic E-state index is 10.6. The molecule has 1 aromatic carbocycles. The standard InChI is InChI=1S/C15H19NO3/c1-4-5-11-8-14(19-3)12(9-13(11)18-2)15(6-7-15)16-10-17/h8-9H,4-7H2,1-3H3. The molecule has 102 valence electrons. The topological polar surface area (TPSA) is 47.9 Å². The lowest BCUT2D eigenvalue weighted by atomic mass is 9.99. The van der Waals surface area contributed by atoms with Gasteiger partial charge in [0.1, 0.15) is 17.0 Å². The fourth-order valence-corrected chi connectivity index (χ4v) is 2.44. The number of methoxy groups -OCH3 is 2. The lowest BCUT2D eigenvalue weighted by Gasteiger charge is -2.17. The van der Waals surface area contributed by atoms with Gasteiger partial charge in [0, 0.05) is 5.56 Å². The molecule has 0 saturated heterocycles. The molecule has 0 amide bonds. The van der Waals surface area contributed by atoms with Gasteiger partial charge in [-0.05, 0) is 37.0 Å². The minimum absolute atomic E-state index is 0.439. The number of benzene rings is 1. The third-order valence-corrected chi connectivity index (χ3v) is 3.61. The van der Waals surface area contributed by atoms with E-state index in [-0.39, 0.29) is 0 Å². The van der Waals surface area contributed by atoms with Crippen LogP contribution in [0.15, 0.2) is 17.1 Å². The number of ether oxygens (including phenoxy) is 2. The van der Waals surface area contributed by atoms with Crippen molar-refractivity contribution in [1.82, 2.24) is 0 Å². The summed E-state index contributed by atoms with van der Waals surface area (Å²) >= 11 is 0. The quantitative estimate of drug-likeness (QED) is 0.584. The third-order valence-electron chi connectivity index (χ3n) is 3.61. The zero-order chi connectivity index (χ0) is 13.9. The van der Waals surface area contributed by atoms with Crippen LogP contribution in [0.25, 0.3) is 0 Å². The van der Waals surface area contributed by atoms with Crippen LogP contribution in [0.3, 0.4) is 0 Å². The van der Waals surface area contributed by atoms with E-state index in [1.165, 1.54) is 0 Å². The molecule has 1 fully saturated rings. The lowest BCUT2D eigenvalue weighted by Crippen LogP contribution is -2.07. The molecule has 0 atom stereocenters. The molecule has 1 aliphatic rings. The number of aliphatic imine (C=N–C) groups is 1. The number of nitrogens with zero attached hydrogens (tertiary/aromatic N) is 1. The number of carbonyl (C=O) groups excluding carboxylic acids is 1. The van der Waals surface area contributed by atoms with E-state index in [1.54, 1.807) is 20.3 Å². The summed E-state index contributed by atoms with van der Waals surface area (Å²) in [4.78, 5) is 14.6. The Morgan fingerprint density at radius 2 is 1.95 bits per heavy atom. The molecule has 1 saturated carbocycles. The van der Waals surface area contributed by atoms with E-state index >= 15 is 0 Å². The first kappa shape index (κ1) is 13.6. The minimum Gasteiger partial charge on any atom is -0.496 e. The average molecular weight is 261 g/mol. The molecule has 1 aromatic rings. The molecular weight excluding hydrogens is 242 g/mol. The summed E-state index contributed by atoms with van der Waals surface area (Å²) in [6.45, 7) is 2.12. The van der Waals surface area contributed by atoms with E-state index in [4.69, 9.17) is 9.47 Å². The number of hydrogen-bond acceptors (Lipinski definition) is 4. The Bertz CT molecular complexity index is 514. The zero-order valence-electron chi connectivity index (χ0n) is 11.7. The minimum atomic E-state index is -0.439. The highest BCUT2D eigenvalue weighted by atomic mass is 16.5. The largest absolute Gasteiger partial charge is 0.496 e. The van der Waals surface area contributed by atoms with Gasteiger partial charge >= 0.3 is 0 Å². The number of hydrogen-bond donors (Lipinski definition) is 0. The molecule has 1 aliphatic carbocycles. The highest BCUT2D eigenvalue weighted by Crippen LogP contribution is 2.53. The SMILES string of the molecule is CCCc1cc(OC)c(C2(N=C=O)CC2)cc1OC. The molecule has 0 unspecified atom stereocenters. The van der Waals surface area contributed by atoms with E-state index in [0.29, 0.717) is 0 Å². The molecule has 0 spiro atoms. The van der Waals surface area contributed by atoms with Crippen molar-refractivity contribution >= 4 is 6.08 Å². The molecule has 0 aromatic heterocycles. The first-order valence-electron chi connectivity index (χ1n) is 6.55. The number of isocyanates is 1. The van der Waals surface area contributed by atoms with Crippen molar-refractivity contribution in [2.75, 3.05) is 14.2 Å². The van der Waals surface area contributed by atoms with Crippen LogP contribution in [0.2, 0.25) is 0 Å². The van der Waals surface area contributed by atoms with Gasteiger partial charge in [0.25, 0.3) is 0 Å². The summed E-state index contributed by atoms with van der Waals surface area (Å²) in [6.07, 6.45) is 5.36. The van der Waals surface area contributed by atoms with Crippen LogP contribution in [-0.4, -0.2) is 20.3 Å². The molecule has 0 heterocycles. The Morgan fingerprint density at radius 3 is 2.42 bits per heavy atom. The normalized spacial score (nSPS) is 15.5. The Kier molecular flexibility index (Phi) is 3.91. The van der Waals surface area contributed by atoms with E-state index in [0.717, 1.165) is 48.3 Å². The van der Waals surface area contributed by atoms with Gasteiger partial charge in [0.05, 0.1) is 14.2 Å². The predicted octanol–water partition coefficient (Wildman–Crippen LogP) is 2.98. The monoisotopic (exact) mass is 261 g/mol. The van der Waals surface area contributed by atoms with Crippen molar-refractivity contribution in [2.24, 2.45) is 4.99 Å². The summed E-state index contributed by atoms with van der Waals surface area (Å²) < 4.78 is 10.9. The first-order chi connectivity index (χ1) is 9.20. The van der Waals surface area contributed by atoms with Crippen molar-refractivity contribution in [3.05, 3.63) is 23.3 Å². The molecule has 19 heavy (non-hydrogen) atoms. The molecule has 2 rings (SSSR count). The lowest BCUT2D eigenvalue weighted by molar-refractivity contribution is 0.390. The Labute approximate surface area is 113 Å². The summed E-state index contributed by atoms with van der Waals surface area (Å²) in [5, 5.41) is 0. The summed E-state index contributed by atoms with van der Waals surface area (Å²) in [7, 11) is 3.30. The van der Waals surface area contributed by atoms with E-state index in [2.05, 4.69) is 11.9 Å². The van der Waals surface area contributed by atoms with Crippen LogP contribution < -0.4 is 9.47 Å². The number of rotatable bonds is 6. The van der Waals surface area contributed by atoms with Crippen LogP contribution in [0, 0.1) is 0 Å². The van der Waals surface area contributed by atoms with Crippen LogP contribution >= 0.6 is 0 Å². The molecule has 0 bridgehead atoms. The summed E-state index contributed by atoms with van der Waals surface area (Å²) in [6, 6.07) is 3.95. The van der Waals surface area contributed by atoms with E-state index in [9.17, 15) is 4.79 Å². The fourth-order valence-electron chi connectivity index (χ4n) is 2.44. The summed E-state index contributed by atoms with van der Waals surface area (Å²) in [5.41, 5.74) is 1.61. The summed E-state index contributed by atoms with van der Waals surface area (Å²) in [5.74, 6) is 1.62. The maximum atomic E-state index is 10.6. The Hall–Kier alpha value is -1.80. The van der Waals surface area contributed by atoms with Crippen molar-refractivity contribution in [2.45, 2.75) is 38.1 Å². The van der Waals surface area contributed by atoms with Crippen LogP contribution in [0.1, 0.15) is 37.3 Å². The van der Waals surface area contributed by atoms with E-state index < -0.39 is 5.54 Å². The average Bonchev–Trinajstić information content (AvgIpc) is 3.19. The van der Waals surface area contributed by atoms with Crippen molar-refractivity contribution in [3.63, 3.8) is 0 Å². The zero-order valence-corrected chi connectivity index (χ0v) is 11.7. The molecule has 4 nitrogen and oxygen atoms in total. The van der Waals surface area contributed by atoms with Gasteiger partial charge in [-0.15, -0.1) is 0 Å². The highest BCUT2D eigenvalue weighted by molar-refractivity contribution is 5.53. The Morgan fingerprint density at radius 1 is 1.26 bits per heavy atom. The van der Waals surface area contributed by atoms with Crippen molar-refractivity contribution < 1.29 is 14.3 Å². The second kappa shape index (κ2) is 5.45. The van der Waals surface area contributed by atoms with Crippen LogP contribution in [0.5, 0.6) is 11.5 Å². The van der Waals surface area contributed by atoms with Crippen molar-refractivity contribution in [1.29, 1.82) is 0 Å². The van der Waals surface area contributed by atoms with Gasteiger partial charge in [-0.1, -0.05) is 13.3 Å². The van der Waals surface area contributed by atoms with Gasteiger partial charge in [0.2, 0.25) is 6.08 Å². The first-order valence-corrected chi connectivity index (χ1v) is 6.55.